The summed E-state index contributed by atoms with van der Waals surface area (Å²) < 4.78 is 23.7. The Labute approximate surface area is 138 Å². The minimum atomic E-state index is -0.333. The van der Waals surface area contributed by atoms with Crippen LogP contribution in [0.25, 0.3) is 11.3 Å². The summed E-state index contributed by atoms with van der Waals surface area (Å²) in [5, 5.41) is 2.75. The van der Waals surface area contributed by atoms with Crippen LogP contribution in [0.4, 0.5) is 4.39 Å². The number of benzene rings is 2. The van der Waals surface area contributed by atoms with E-state index in [0.29, 0.717) is 28.2 Å². The first-order chi connectivity index (χ1) is 11.7. The van der Waals surface area contributed by atoms with Gasteiger partial charge in [-0.05, 0) is 35.9 Å². The van der Waals surface area contributed by atoms with Crippen LogP contribution in [0.3, 0.4) is 0 Å². The van der Waals surface area contributed by atoms with Crippen molar-refractivity contribution in [2.24, 2.45) is 0 Å². The molecule has 0 aliphatic heterocycles. The number of hydrogen-bond donors (Lipinski definition) is 1. The van der Waals surface area contributed by atoms with E-state index in [0.717, 1.165) is 0 Å². The van der Waals surface area contributed by atoms with Gasteiger partial charge in [-0.15, -0.1) is 0 Å². The molecular formula is C18H15FN2O3. The van der Waals surface area contributed by atoms with Gasteiger partial charge in [-0.25, -0.2) is 9.37 Å². The van der Waals surface area contributed by atoms with Gasteiger partial charge in [-0.3, -0.25) is 4.79 Å². The smallest absolute Gasteiger partial charge is 0.251 e. The Hall–Kier alpha value is -3.15. The molecule has 0 fully saturated rings. The van der Waals surface area contributed by atoms with E-state index in [-0.39, 0.29) is 18.3 Å². The third-order valence-corrected chi connectivity index (χ3v) is 3.50. The van der Waals surface area contributed by atoms with Gasteiger partial charge in [-0.1, -0.05) is 12.1 Å². The van der Waals surface area contributed by atoms with E-state index in [1.54, 1.807) is 36.5 Å². The fourth-order valence-corrected chi connectivity index (χ4v) is 2.32. The molecule has 3 aromatic rings. The first kappa shape index (κ1) is 15.7. The number of carbonyl (C=O) groups excluding carboxylic acids is 1. The maximum Gasteiger partial charge on any atom is 0.251 e. The largest absolute Gasteiger partial charge is 0.496 e. The van der Waals surface area contributed by atoms with Crippen molar-refractivity contribution in [1.82, 2.24) is 10.3 Å². The summed E-state index contributed by atoms with van der Waals surface area (Å²) in [6.07, 6.45) is 2.90. The lowest BCUT2D eigenvalue weighted by Gasteiger charge is -2.10. The van der Waals surface area contributed by atoms with Crippen molar-refractivity contribution >= 4 is 5.91 Å². The molecule has 122 valence electrons. The van der Waals surface area contributed by atoms with Crippen LogP contribution >= 0.6 is 0 Å². The molecule has 1 heterocycles. The summed E-state index contributed by atoms with van der Waals surface area (Å²) in [4.78, 5) is 16.1. The molecule has 0 unspecified atom stereocenters. The molecule has 24 heavy (non-hydrogen) atoms. The Morgan fingerprint density at radius 2 is 2.17 bits per heavy atom. The number of aromatic nitrogens is 1. The van der Waals surface area contributed by atoms with Crippen molar-refractivity contribution in [2.75, 3.05) is 7.11 Å². The maximum atomic E-state index is 13.1. The summed E-state index contributed by atoms with van der Waals surface area (Å²) in [7, 11) is 1.52. The van der Waals surface area contributed by atoms with Gasteiger partial charge in [0.05, 0.1) is 18.9 Å². The summed E-state index contributed by atoms with van der Waals surface area (Å²) in [6.45, 7) is 0.239. The van der Waals surface area contributed by atoms with Crippen molar-refractivity contribution in [1.29, 1.82) is 0 Å². The van der Waals surface area contributed by atoms with Crippen LogP contribution in [0.5, 0.6) is 5.75 Å². The van der Waals surface area contributed by atoms with Gasteiger partial charge in [-0.2, -0.15) is 0 Å². The molecule has 1 amide bonds. The predicted octanol–water partition coefficient (Wildman–Crippen LogP) is 3.42. The number of oxazole rings is 1. The molecule has 0 saturated carbocycles. The highest BCUT2D eigenvalue weighted by atomic mass is 19.1. The van der Waals surface area contributed by atoms with Gasteiger partial charge >= 0.3 is 0 Å². The highest BCUT2D eigenvalue weighted by Gasteiger charge is 2.13. The Balaban J connectivity index is 1.75. The third kappa shape index (κ3) is 3.43. The molecule has 1 N–H and O–H groups in total. The second-order valence-electron chi connectivity index (χ2n) is 5.09. The lowest BCUT2D eigenvalue weighted by molar-refractivity contribution is 0.0950. The van der Waals surface area contributed by atoms with Gasteiger partial charge in [0.2, 0.25) is 0 Å². The number of carbonyl (C=O) groups is 1. The normalized spacial score (nSPS) is 10.4. The first-order valence-electron chi connectivity index (χ1n) is 7.27. The van der Waals surface area contributed by atoms with Crippen LogP contribution in [0.2, 0.25) is 0 Å². The van der Waals surface area contributed by atoms with Gasteiger partial charge in [0, 0.05) is 12.1 Å². The Kier molecular flexibility index (Phi) is 4.56. The number of amides is 1. The number of ether oxygens (including phenoxy) is 1. The third-order valence-electron chi connectivity index (χ3n) is 3.50. The fourth-order valence-electron chi connectivity index (χ4n) is 2.32. The van der Waals surface area contributed by atoms with Crippen LogP contribution in [-0.2, 0) is 6.54 Å². The van der Waals surface area contributed by atoms with Gasteiger partial charge in [0.1, 0.15) is 11.6 Å². The molecule has 3 rings (SSSR count). The second kappa shape index (κ2) is 6.95. The molecule has 0 atom stereocenters. The van der Waals surface area contributed by atoms with Crippen molar-refractivity contribution in [2.45, 2.75) is 6.54 Å². The minimum Gasteiger partial charge on any atom is -0.496 e. The van der Waals surface area contributed by atoms with Gasteiger partial charge < -0.3 is 14.5 Å². The zero-order valence-corrected chi connectivity index (χ0v) is 13.0. The van der Waals surface area contributed by atoms with Crippen molar-refractivity contribution in [3.63, 3.8) is 0 Å². The number of halogens is 1. The first-order valence-corrected chi connectivity index (χ1v) is 7.27. The highest BCUT2D eigenvalue weighted by Crippen LogP contribution is 2.30. The molecule has 1 aromatic heterocycles. The Bertz CT molecular complexity index is 847. The maximum absolute atomic E-state index is 13.1. The summed E-state index contributed by atoms with van der Waals surface area (Å²) in [5.74, 6) is 0.449. The van der Waals surface area contributed by atoms with Crippen LogP contribution in [0.15, 0.2) is 59.5 Å². The van der Waals surface area contributed by atoms with Gasteiger partial charge in [0.15, 0.2) is 12.2 Å². The Morgan fingerprint density at radius 3 is 2.88 bits per heavy atom. The van der Waals surface area contributed by atoms with E-state index in [1.807, 2.05) is 0 Å². The molecule has 0 spiro atoms. The molecule has 5 nitrogen and oxygen atoms in total. The minimum absolute atomic E-state index is 0.239. The molecule has 6 heteroatoms. The quantitative estimate of drug-likeness (QED) is 0.780. The lowest BCUT2D eigenvalue weighted by atomic mass is 10.1. The topological polar surface area (TPSA) is 64.4 Å². The van der Waals surface area contributed by atoms with E-state index in [1.165, 1.54) is 25.6 Å². The molecule has 0 saturated heterocycles. The van der Waals surface area contributed by atoms with E-state index < -0.39 is 0 Å². The molecule has 0 bridgehead atoms. The highest BCUT2D eigenvalue weighted by molar-refractivity contribution is 5.95. The summed E-state index contributed by atoms with van der Waals surface area (Å²) in [6, 6.07) is 11.1. The monoisotopic (exact) mass is 326 g/mol. The van der Waals surface area contributed by atoms with Crippen LogP contribution < -0.4 is 10.1 Å². The van der Waals surface area contributed by atoms with Crippen LogP contribution in [0.1, 0.15) is 15.9 Å². The summed E-state index contributed by atoms with van der Waals surface area (Å²) in [5.41, 5.74) is 1.83. The SMILES string of the molecule is COc1cc(C(=O)NCc2cccc(F)c2)ccc1-c1cnco1. The number of methoxy groups -OCH3 is 1. The molecule has 0 aliphatic rings. The van der Waals surface area contributed by atoms with E-state index in [9.17, 15) is 9.18 Å². The second-order valence-corrected chi connectivity index (χ2v) is 5.09. The molecule has 2 aromatic carbocycles. The Morgan fingerprint density at radius 1 is 1.29 bits per heavy atom. The average Bonchev–Trinajstić information content (AvgIpc) is 3.13. The number of nitrogens with zero attached hydrogens (tertiary/aromatic N) is 1. The van der Waals surface area contributed by atoms with Crippen molar-refractivity contribution < 1.29 is 18.3 Å². The average molecular weight is 326 g/mol. The van der Waals surface area contributed by atoms with Crippen molar-refractivity contribution in [3.8, 4) is 17.1 Å². The molecular weight excluding hydrogens is 311 g/mol. The van der Waals surface area contributed by atoms with Crippen molar-refractivity contribution in [3.05, 3.63) is 72.0 Å². The predicted molar refractivity (Wildman–Crippen MR) is 86.1 cm³/mol. The number of rotatable bonds is 5. The fraction of sp³-hybridized carbons (Fsp3) is 0.111. The van der Waals surface area contributed by atoms with Gasteiger partial charge in [0.25, 0.3) is 5.91 Å². The zero-order valence-electron chi connectivity index (χ0n) is 13.0. The summed E-state index contributed by atoms with van der Waals surface area (Å²) >= 11 is 0. The van der Waals surface area contributed by atoms with E-state index >= 15 is 0 Å². The van der Waals surface area contributed by atoms with Crippen LogP contribution in [0, 0.1) is 5.82 Å². The molecule has 0 aliphatic carbocycles. The lowest BCUT2D eigenvalue weighted by Crippen LogP contribution is -2.22. The zero-order chi connectivity index (χ0) is 16.9. The van der Waals surface area contributed by atoms with Crippen LogP contribution in [-0.4, -0.2) is 18.0 Å². The number of hydrogen-bond acceptors (Lipinski definition) is 4. The molecule has 0 radical (unpaired) electrons. The standard InChI is InChI=1S/C18H15FN2O3/c1-23-16-8-13(5-6-15(16)17-10-20-11-24-17)18(22)21-9-12-3-2-4-14(19)7-12/h2-8,10-11H,9H2,1H3,(H,21,22). The van der Waals surface area contributed by atoms with E-state index in [4.69, 9.17) is 9.15 Å². The number of nitrogens with one attached hydrogen (secondary N) is 1. The van der Waals surface area contributed by atoms with E-state index in [2.05, 4.69) is 10.3 Å².